The minimum absolute atomic E-state index is 0.494. The molecule has 3 aromatic rings. The molecule has 0 amide bonds. The molecule has 6 nitrogen and oxygen atoms in total. The number of hydrogen-bond acceptors (Lipinski definition) is 5. The highest BCUT2D eigenvalue weighted by atomic mass is 16.5. The molecule has 0 unspecified atom stereocenters. The zero-order chi connectivity index (χ0) is 13.9. The van der Waals surface area contributed by atoms with Crippen LogP contribution in [0.3, 0.4) is 0 Å². The van der Waals surface area contributed by atoms with E-state index in [-0.39, 0.29) is 0 Å². The lowest BCUT2D eigenvalue weighted by Gasteiger charge is -2.08. The van der Waals surface area contributed by atoms with Gasteiger partial charge in [-0.15, -0.1) is 0 Å². The van der Waals surface area contributed by atoms with E-state index in [1.54, 1.807) is 29.3 Å². The summed E-state index contributed by atoms with van der Waals surface area (Å²) in [5.41, 5.74) is 2.65. The van der Waals surface area contributed by atoms with Crippen molar-refractivity contribution >= 4 is 5.52 Å². The highest BCUT2D eigenvalue weighted by Gasteiger charge is 2.14. The van der Waals surface area contributed by atoms with Gasteiger partial charge in [0.25, 0.3) is 0 Å². The topological polar surface area (TPSA) is 76.1 Å². The minimum Gasteiger partial charge on any atom is -0.492 e. The van der Waals surface area contributed by atoms with Gasteiger partial charge in [0.1, 0.15) is 11.8 Å². The predicted molar refractivity (Wildman–Crippen MR) is 72.1 cm³/mol. The molecule has 3 heterocycles. The zero-order valence-electron chi connectivity index (χ0n) is 10.8. The van der Waals surface area contributed by atoms with Crippen molar-refractivity contribution in [3.8, 4) is 23.1 Å². The summed E-state index contributed by atoms with van der Waals surface area (Å²) in [6.07, 6.45) is 8.15. The molecule has 0 N–H and O–H groups in total. The van der Waals surface area contributed by atoms with Crippen LogP contribution in [0.1, 0.15) is 12.5 Å². The van der Waals surface area contributed by atoms with E-state index in [2.05, 4.69) is 21.1 Å². The second kappa shape index (κ2) is 4.97. The fourth-order valence-corrected chi connectivity index (χ4v) is 2.06. The Labute approximate surface area is 115 Å². The van der Waals surface area contributed by atoms with Crippen molar-refractivity contribution < 1.29 is 4.74 Å². The van der Waals surface area contributed by atoms with E-state index in [9.17, 15) is 5.26 Å². The van der Waals surface area contributed by atoms with Gasteiger partial charge in [-0.1, -0.05) is 0 Å². The van der Waals surface area contributed by atoms with Crippen LogP contribution in [-0.2, 0) is 0 Å². The molecule has 0 saturated heterocycles. The summed E-state index contributed by atoms with van der Waals surface area (Å²) in [7, 11) is 0. The zero-order valence-corrected chi connectivity index (χ0v) is 10.8. The van der Waals surface area contributed by atoms with E-state index in [0.29, 0.717) is 29.1 Å². The summed E-state index contributed by atoms with van der Waals surface area (Å²) in [6, 6.07) is 3.99. The highest BCUT2D eigenvalue weighted by molar-refractivity contribution is 5.83. The SMILES string of the molecule is CCOc1cc(-c2cnccn2)c2c(C#N)cnn2c1. The maximum atomic E-state index is 9.20. The van der Waals surface area contributed by atoms with Crippen LogP contribution in [0.25, 0.3) is 16.8 Å². The van der Waals surface area contributed by atoms with E-state index < -0.39 is 0 Å². The van der Waals surface area contributed by atoms with Crippen LogP contribution < -0.4 is 4.74 Å². The lowest BCUT2D eigenvalue weighted by Crippen LogP contribution is -1.98. The molecule has 98 valence electrons. The van der Waals surface area contributed by atoms with Gasteiger partial charge in [0.05, 0.1) is 42.0 Å². The maximum Gasteiger partial charge on any atom is 0.138 e. The largest absolute Gasteiger partial charge is 0.492 e. The highest BCUT2D eigenvalue weighted by Crippen LogP contribution is 2.29. The van der Waals surface area contributed by atoms with E-state index in [1.165, 1.54) is 6.20 Å². The van der Waals surface area contributed by atoms with Crippen molar-refractivity contribution in [2.75, 3.05) is 6.61 Å². The summed E-state index contributed by atoms with van der Waals surface area (Å²) in [5.74, 6) is 0.674. The van der Waals surface area contributed by atoms with Crippen LogP contribution in [-0.4, -0.2) is 26.2 Å². The van der Waals surface area contributed by atoms with Crippen molar-refractivity contribution in [2.45, 2.75) is 6.92 Å². The molecule has 3 rings (SSSR count). The number of aromatic nitrogens is 4. The third-order valence-corrected chi connectivity index (χ3v) is 2.86. The van der Waals surface area contributed by atoms with Gasteiger partial charge in [0, 0.05) is 18.0 Å². The molecule has 0 aliphatic heterocycles. The molecule has 0 radical (unpaired) electrons. The van der Waals surface area contributed by atoms with Crippen molar-refractivity contribution in [3.05, 3.63) is 42.6 Å². The Morgan fingerprint density at radius 2 is 2.25 bits per heavy atom. The summed E-state index contributed by atoms with van der Waals surface area (Å²) in [4.78, 5) is 8.35. The molecule has 0 aliphatic carbocycles. The minimum atomic E-state index is 0.494. The van der Waals surface area contributed by atoms with Gasteiger partial charge in [-0.2, -0.15) is 10.4 Å². The van der Waals surface area contributed by atoms with Crippen LogP contribution in [0.4, 0.5) is 0 Å². The first-order valence-electron chi connectivity index (χ1n) is 6.14. The van der Waals surface area contributed by atoms with E-state index in [1.807, 2.05) is 13.0 Å². The Morgan fingerprint density at radius 1 is 1.35 bits per heavy atom. The number of nitrogens with zero attached hydrogens (tertiary/aromatic N) is 5. The first-order valence-corrected chi connectivity index (χ1v) is 6.14. The third-order valence-electron chi connectivity index (χ3n) is 2.86. The quantitative estimate of drug-likeness (QED) is 0.724. The van der Waals surface area contributed by atoms with Crippen molar-refractivity contribution in [1.29, 1.82) is 5.26 Å². The molecule has 0 saturated carbocycles. The second-order valence-corrected chi connectivity index (χ2v) is 4.08. The standard InChI is InChI=1S/C14H11N5O/c1-2-20-11-5-12(13-8-16-3-4-17-13)14-10(6-15)7-18-19(14)9-11/h3-5,7-9H,2H2,1H3. The number of nitriles is 1. The van der Waals surface area contributed by atoms with Gasteiger partial charge >= 0.3 is 0 Å². The molecule has 0 atom stereocenters. The summed E-state index contributed by atoms with van der Waals surface area (Å²) < 4.78 is 7.16. The molecule has 0 fully saturated rings. The number of rotatable bonds is 3. The molecular formula is C14H11N5O. The molecule has 0 bridgehead atoms. The van der Waals surface area contributed by atoms with Gasteiger partial charge in [-0.05, 0) is 13.0 Å². The van der Waals surface area contributed by atoms with Crippen LogP contribution in [0, 0.1) is 11.3 Å². The van der Waals surface area contributed by atoms with Gasteiger partial charge in [0.15, 0.2) is 0 Å². The first-order chi connectivity index (χ1) is 9.83. The van der Waals surface area contributed by atoms with E-state index >= 15 is 0 Å². The van der Waals surface area contributed by atoms with Crippen LogP contribution in [0.2, 0.25) is 0 Å². The third kappa shape index (κ3) is 1.95. The van der Waals surface area contributed by atoms with E-state index in [0.717, 1.165) is 5.56 Å². The lowest BCUT2D eigenvalue weighted by molar-refractivity contribution is 0.338. The smallest absolute Gasteiger partial charge is 0.138 e. The number of pyridine rings is 1. The predicted octanol–water partition coefficient (Wildman–Crippen LogP) is 2.06. The Hall–Kier alpha value is -2.94. The van der Waals surface area contributed by atoms with Crippen LogP contribution in [0.15, 0.2) is 37.1 Å². The average molecular weight is 265 g/mol. The van der Waals surface area contributed by atoms with Crippen LogP contribution >= 0.6 is 0 Å². The number of fused-ring (bicyclic) bond motifs is 1. The fourth-order valence-electron chi connectivity index (χ4n) is 2.06. The Balaban J connectivity index is 2.32. The first kappa shape index (κ1) is 12.1. The fraction of sp³-hybridized carbons (Fsp3) is 0.143. The van der Waals surface area contributed by atoms with Crippen LogP contribution in [0.5, 0.6) is 5.75 Å². The molecule has 3 aromatic heterocycles. The van der Waals surface area contributed by atoms with Crippen molar-refractivity contribution in [2.24, 2.45) is 0 Å². The van der Waals surface area contributed by atoms with Crippen molar-refractivity contribution in [3.63, 3.8) is 0 Å². The summed E-state index contributed by atoms with van der Waals surface area (Å²) in [6.45, 7) is 2.47. The number of hydrogen-bond donors (Lipinski definition) is 0. The molecule has 6 heteroatoms. The average Bonchev–Trinajstić information content (AvgIpc) is 2.91. The Bertz CT molecular complexity index is 788. The maximum absolute atomic E-state index is 9.20. The van der Waals surface area contributed by atoms with E-state index in [4.69, 9.17) is 4.74 Å². The summed E-state index contributed by atoms with van der Waals surface area (Å²) in [5, 5.41) is 13.4. The lowest BCUT2D eigenvalue weighted by atomic mass is 10.1. The molecular weight excluding hydrogens is 254 g/mol. The van der Waals surface area contributed by atoms with Crippen molar-refractivity contribution in [1.82, 2.24) is 19.6 Å². The van der Waals surface area contributed by atoms with Gasteiger partial charge in [0.2, 0.25) is 0 Å². The van der Waals surface area contributed by atoms with Gasteiger partial charge < -0.3 is 4.74 Å². The second-order valence-electron chi connectivity index (χ2n) is 4.08. The molecule has 0 aromatic carbocycles. The number of ether oxygens (including phenoxy) is 1. The molecule has 20 heavy (non-hydrogen) atoms. The van der Waals surface area contributed by atoms with Gasteiger partial charge in [-0.3, -0.25) is 9.97 Å². The molecule has 0 spiro atoms. The molecule has 0 aliphatic rings. The normalized spacial score (nSPS) is 10.4. The monoisotopic (exact) mass is 265 g/mol. The van der Waals surface area contributed by atoms with Gasteiger partial charge in [-0.25, -0.2) is 4.52 Å². The summed E-state index contributed by atoms with van der Waals surface area (Å²) >= 11 is 0. The Kier molecular flexibility index (Phi) is 3.01. The Morgan fingerprint density at radius 3 is 2.95 bits per heavy atom.